The van der Waals surface area contributed by atoms with Crippen molar-refractivity contribution in [3.05, 3.63) is 29.6 Å². The molecular formula is C17H27FN4O2. The largest absolute Gasteiger partial charge is 0.396 e. The molecule has 1 aromatic carbocycles. The van der Waals surface area contributed by atoms with E-state index in [1.54, 1.807) is 6.07 Å². The third-order valence-corrected chi connectivity index (χ3v) is 4.25. The number of rotatable bonds is 7. The van der Waals surface area contributed by atoms with E-state index in [1.165, 1.54) is 6.07 Å². The van der Waals surface area contributed by atoms with Crippen molar-refractivity contribution in [2.24, 2.45) is 0 Å². The summed E-state index contributed by atoms with van der Waals surface area (Å²) in [5.74, 6) is -0.250. The van der Waals surface area contributed by atoms with Gasteiger partial charge in [-0.05, 0) is 30.7 Å². The molecule has 3 N–H and O–H groups in total. The number of carbonyl (C=O) groups excluding carboxylic acids is 1. The first-order valence-corrected chi connectivity index (χ1v) is 8.52. The van der Waals surface area contributed by atoms with E-state index in [2.05, 4.69) is 27.4 Å². The van der Waals surface area contributed by atoms with Crippen molar-refractivity contribution < 1.29 is 14.3 Å². The Bertz CT molecular complexity index is 533. The number of carbonyl (C=O) groups is 1. The smallest absolute Gasteiger partial charge is 0.315 e. The number of urea groups is 1. The average molecular weight is 338 g/mol. The number of anilines is 1. The second-order valence-corrected chi connectivity index (χ2v) is 5.89. The topological polar surface area (TPSA) is 67.8 Å². The number of aliphatic hydroxyl groups is 1. The molecule has 0 spiro atoms. The summed E-state index contributed by atoms with van der Waals surface area (Å²) in [6.07, 6.45) is 0.516. The number of nitrogens with zero attached hydrogens (tertiary/aromatic N) is 2. The SMILES string of the molecule is CCN1CCN(c2ccc(CNC(=O)NCCCO)cc2F)CC1. The number of benzene rings is 1. The van der Waals surface area contributed by atoms with Crippen molar-refractivity contribution in [1.82, 2.24) is 15.5 Å². The molecule has 7 heteroatoms. The van der Waals surface area contributed by atoms with E-state index in [0.717, 1.165) is 38.3 Å². The van der Waals surface area contributed by atoms with Crippen LogP contribution >= 0.6 is 0 Å². The molecule has 0 aromatic heterocycles. The molecule has 2 amide bonds. The second kappa shape index (κ2) is 9.44. The van der Waals surface area contributed by atoms with Crippen LogP contribution in [-0.4, -0.2) is 61.9 Å². The molecule has 0 radical (unpaired) electrons. The van der Waals surface area contributed by atoms with Crippen LogP contribution in [-0.2, 0) is 6.54 Å². The molecule has 2 rings (SSSR count). The van der Waals surface area contributed by atoms with Crippen LogP contribution in [0.3, 0.4) is 0 Å². The van der Waals surface area contributed by atoms with Gasteiger partial charge in [-0.25, -0.2) is 9.18 Å². The summed E-state index contributed by atoms with van der Waals surface area (Å²) in [6, 6.07) is 4.80. The van der Waals surface area contributed by atoms with Gasteiger partial charge in [0.15, 0.2) is 0 Å². The lowest BCUT2D eigenvalue weighted by Gasteiger charge is -2.35. The highest BCUT2D eigenvalue weighted by molar-refractivity contribution is 5.73. The molecule has 0 atom stereocenters. The summed E-state index contributed by atoms with van der Waals surface area (Å²) in [7, 11) is 0. The fraction of sp³-hybridized carbons (Fsp3) is 0.588. The molecule has 1 aliphatic heterocycles. The van der Waals surface area contributed by atoms with Gasteiger partial charge in [0.1, 0.15) is 5.82 Å². The first-order chi connectivity index (χ1) is 11.6. The second-order valence-electron chi connectivity index (χ2n) is 5.89. The van der Waals surface area contributed by atoms with Gasteiger partial charge in [-0.15, -0.1) is 0 Å². The van der Waals surface area contributed by atoms with Crippen LogP contribution in [0.4, 0.5) is 14.9 Å². The van der Waals surface area contributed by atoms with E-state index < -0.39 is 0 Å². The fourth-order valence-corrected chi connectivity index (χ4v) is 2.75. The van der Waals surface area contributed by atoms with Crippen molar-refractivity contribution >= 4 is 11.7 Å². The summed E-state index contributed by atoms with van der Waals surface area (Å²) >= 11 is 0. The van der Waals surface area contributed by atoms with Crippen LogP contribution in [0.5, 0.6) is 0 Å². The van der Waals surface area contributed by atoms with Crippen molar-refractivity contribution in [3.8, 4) is 0 Å². The maximum Gasteiger partial charge on any atom is 0.315 e. The normalized spacial score (nSPS) is 15.4. The monoisotopic (exact) mass is 338 g/mol. The van der Waals surface area contributed by atoms with Crippen LogP contribution in [0.15, 0.2) is 18.2 Å². The Morgan fingerprint density at radius 1 is 1.25 bits per heavy atom. The minimum atomic E-state index is -0.316. The molecule has 6 nitrogen and oxygen atoms in total. The molecule has 24 heavy (non-hydrogen) atoms. The van der Waals surface area contributed by atoms with E-state index in [9.17, 15) is 9.18 Å². The lowest BCUT2D eigenvalue weighted by Crippen LogP contribution is -2.46. The van der Waals surface area contributed by atoms with Gasteiger partial charge in [-0.1, -0.05) is 13.0 Å². The van der Waals surface area contributed by atoms with Gasteiger partial charge in [-0.3, -0.25) is 0 Å². The standard InChI is InChI=1S/C17H27FN4O2/c1-2-21-7-9-22(10-8-21)16-5-4-14(12-15(16)18)13-20-17(24)19-6-3-11-23/h4-5,12,23H,2-3,6-11,13H2,1H3,(H2,19,20,24). The van der Waals surface area contributed by atoms with E-state index in [4.69, 9.17) is 5.11 Å². The van der Waals surface area contributed by atoms with Crippen molar-refractivity contribution in [3.63, 3.8) is 0 Å². The van der Waals surface area contributed by atoms with Gasteiger partial charge in [0.2, 0.25) is 0 Å². The van der Waals surface area contributed by atoms with Crippen molar-refractivity contribution in [2.45, 2.75) is 19.9 Å². The Kier molecular flexibility index (Phi) is 7.27. The lowest BCUT2D eigenvalue weighted by molar-refractivity contribution is 0.237. The van der Waals surface area contributed by atoms with Crippen LogP contribution < -0.4 is 15.5 Å². The molecule has 0 bridgehead atoms. The molecule has 1 aromatic rings. The minimum Gasteiger partial charge on any atom is -0.396 e. The number of halogens is 1. The average Bonchev–Trinajstić information content (AvgIpc) is 2.60. The lowest BCUT2D eigenvalue weighted by atomic mass is 10.1. The van der Waals surface area contributed by atoms with Gasteiger partial charge in [0.05, 0.1) is 5.69 Å². The van der Waals surface area contributed by atoms with E-state index in [1.807, 2.05) is 6.07 Å². The van der Waals surface area contributed by atoms with Crippen LogP contribution in [0, 0.1) is 5.82 Å². The molecule has 0 saturated carbocycles. The number of piperazine rings is 1. The molecule has 1 fully saturated rings. The van der Waals surface area contributed by atoms with Gasteiger partial charge >= 0.3 is 6.03 Å². The van der Waals surface area contributed by atoms with E-state index in [-0.39, 0.29) is 25.0 Å². The summed E-state index contributed by atoms with van der Waals surface area (Å²) in [4.78, 5) is 16.0. The molecule has 1 aliphatic rings. The molecule has 0 aliphatic carbocycles. The number of aliphatic hydroxyl groups excluding tert-OH is 1. The number of nitrogens with one attached hydrogen (secondary N) is 2. The Labute approximate surface area is 142 Å². The van der Waals surface area contributed by atoms with Gasteiger partial charge in [-0.2, -0.15) is 0 Å². The van der Waals surface area contributed by atoms with Gasteiger partial charge in [0, 0.05) is 45.9 Å². The number of hydrogen-bond acceptors (Lipinski definition) is 4. The van der Waals surface area contributed by atoms with Crippen LogP contribution in [0.2, 0.25) is 0 Å². The van der Waals surface area contributed by atoms with E-state index >= 15 is 0 Å². The molecule has 1 saturated heterocycles. The molecule has 1 heterocycles. The predicted octanol–water partition coefficient (Wildman–Crippen LogP) is 1.15. The van der Waals surface area contributed by atoms with Crippen LogP contribution in [0.25, 0.3) is 0 Å². The van der Waals surface area contributed by atoms with Crippen molar-refractivity contribution in [1.29, 1.82) is 0 Å². The Hall–Kier alpha value is -1.86. The first kappa shape index (κ1) is 18.5. The molecule has 0 unspecified atom stereocenters. The third-order valence-electron chi connectivity index (χ3n) is 4.25. The summed E-state index contributed by atoms with van der Waals surface area (Å²) < 4.78 is 14.4. The highest BCUT2D eigenvalue weighted by Gasteiger charge is 2.18. The fourth-order valence-electron chi connectivity index (χ4n) is 2.75. The summed E-state index contributed by atoms with van der Waals surface area (Å²) in [6.45, 7) is 7.45. The van der Waals surface area contributed by atoms with Crippen molar-refractivity contribution in [2.75, 3.05) is 50.8 Å². The van der Waals surface area contributed by atoms with Gasteiger partial charge in [0.25, 0.3) is 0 Å². The van der Waals surface area contributed by atoms with Gasteiger partial charge < -0.3 is 25.5 Å². The highest BCUT2D eigenvalue weighted by Crippen LogP contribution is 2.22. The van der Waals surface area contributed by atoms with Crippen LogP contribution in [0.1, 0.15) is 18.9 Å². The Balaban J connectivity index is 1.84. The zero-order valence-electron chi connectivity index (χ0n) is 14.2. The Morgan fingerprint density at radius 2 is 2.00 bits per heavy atom. The quantitative estimate of drug-likeness (QED) is 0.653. The third kappa shape index (κ3) is 5.35. The minimum absolute atomic E-state index is 0.0411. The summed E-state index contributed by atoms with van der Waals surface area (Å²) in [5, 5.41) is 14.0. The maximum atomic E-state index is 14.4. The summed E-state index contributed by atoms with van der Waals surface area (Å²) in [5.41, 5.74) is 1.35. The Morgan fingerprint density at radius 3 is 2.62 bits per heavy atom. The predicted molar refractivity (Wildman–Crippen MR) is 92.7 cm³/mol. The zero-order chi connectivity index (χ0) is 17.4. The zero-order valence-corrected chi connectivity index (χ0v) is 14.2. The molecule has 134 valence electrons. The molecular weight excluding hydrogens is 311 g/mol. The van der Waals surface area contributed by atoms with E-state index in [0.29, 0.717) is 18.7 Å². The highest BCUT2D eigenvalue weighted by atomic mass is 19.1. The number of amides is 2. The first-order valence-electron chi connectivity index (χ1n) is 8.52. The number of hydrogen-bond donors (Lipinski definition) is 3. The maximum absolute atomic E-state index is 14.4. The number of likely N-dealkylation sites (N-methyl/N-ethyl adjacent to an activating group) is 1.